The summed E-state index contributed by atoms with van der Waals surface area (Å²) in [6, 6.07) is 0.588. The molecule has 7 nitrogen and oxygen atoms in total. The molecule has 0 saturated carbocycles. The quantitative estimate of drug-likeness (QED) is 0.518. The number of alkyl halides is 3. The van der Waals surface area contributed by atoms with Gasteiger partial charge in [0.05, 0.1) is 22.4 Å². The molecule has 26 heavy (non-hydrogen) atoms. The maximum absolute atomic E-state index is 13.0. The summed E-state index contributed by atoms with van der Waals surface area (Å²) in [5, 5.41) is 0. The number of pyridine rings is 1. The standard InChI is InChI=1S/C14H11F3IN5O2S/c1-3-26(24,25)8-4-7(14(15,16)17)5-19-10(8)12-22-11-13(23(12)2)20-6-9(18)21-11/h4-6H,3H2,1-2H3. The third-order valence-corrected chi connectivity index (χ3v) is 5.92. The average molecular weight is 497 g/mol. The summed E-state index contributed by atoms with van der Waals surface area (Å²) in [6.07, 6.45) is -2.62. The van der Waals surface area contributed by atoms with Gasteiger partial charge in [0.15, 0.2) is 27.0 Å². The van der Waals surface area contributed by atoms with Crippen LogP contribution in [-0.2, 0) is 23.1 Å². The minimum absolute atomic E-state index is 0.0720. The predicted octanol–water partition coefficient (Wildman–Crippen LogP) is 2.84. The molecule has 0 aliphatic heterocycles. The molecule has 3 aromatic rings. The highest BCUT2D eigenvalue weighted by Gasteiger charge is 2.34. The Labute approximate surface area is 159 Å². The zero-order valence-electron chi connectivity index (χ0n) is 13.4. The van der Waals surface area contributed by atoms with Crippen LogP contribution in [0.25, 0.3) is 22.8 Å². The van der Waals surface area contributed by atoms with Crippen LogP contribution in [0, 0.1) is 3.70 Å². The van der Waals surface area contributed by atoms with Crippen molar-refractivity contribution in [3.8, 4) is 11.5 Å². The van der Waals surface area contributed by atoms with E-state index in [2.05, 4.69) is 19.9 Å². The number of aryl methyl sites for hydroxylation is 1. The van der Waals surface area contributed by atoms with Crippen LogP contribution in [0.5, 0.6) is 0 Å². The van der Waals surface area contributed by atoms with Gasteiger partial charge >= 0.3 is 6.18 Å². The molecule has 0 spiro atoms. The van der Waals surface area contributed by atoms with Crippen LogP contribution in [0.2, 0.25) is 0 Å². The molecule has 0 aromatic carbocycles. The molecule has 0 atom stereocenters. The van der Waals surface area contributed by atoms with Crippen LogP contribution in [0.15, 0.2) is 23.4 Å². The molecule has 0 N–H and O–H groups in total. The van der Waals surface area contributed by atoms with Crippen molar-refractivity contribution in [3.63, 3.8) is 0 Å². The first kappa shape index (κ1) is 18.9. The first-order valence-electron chi connectivity index (χ1n) is 7.20. The van der Waals surface area contributed by atoms with Crippen LogP contribution < -0.4 is 0 Å². The summed E-state index contributed by atoms with van der Waals surface area (Å²) in [5.74, 6) is -0.302. The Hall–Kier alpha value is -1.83. The first-order chi connectivity index (χ1) is 12.0. The first-order valence-corrected chi connectivity index (χ1v) is 9.93. The number of fused-ring (bicyclic) bond motifs is 1. The number of aromatic nitrogens is 5. The summed E-state index contributed by atoms with van der Waals surface area (Å²) >= 11 is 1.94. The topological polar surface area (TPSA) is 90.6 Å². The summed E-state index contributed by atoms with van der Waals surface area (Å²) < 4.78 is 65.8. The molecular weight excluding hydrogens is 486 g/mol. The van der Waals surface area contributed by atoms with Crippen molar-refractivity contribution in [2.45, 2.75) is 18.0 Å². The minimum atomic E-state index is -4.71. The lowest BCUT2D eigenvalue weighted by Crippen LogP contribution is -2.13. The molecule has 0 unspecified atom stereocenters. The molecule has 0 saturated heterocycles. The van der Waals surface area contributed by atoms with Crippen molar-refractivity contribution in [2.75, 3.05) is 5.75 Å². The third-order valence-electron chi connectivity index (χ3n) is 3.66. The number of hydrogen-bond donors (Lipinski definition) is 0. The Morgan fingerprint density at radius 3 is 2.50 bits per heavy atom. The van der Waals surface area contributed by atoms with Crippen LogP contribution in [0.1, 0.15) is 12.5 Å². The molecule has 3 rings (SSSR count). The normalized spacial score (nSPS) is 12.7. The molecule has 0 fully saturated rings. The van der Waals surface area contributed by atoms with E-state index < -0.39 is 26.5 Å². The van der Waals surface area contributed by atoms with E-state index in [4.69, 9.17) is 0 Å². The fourth-order valence-corrected chi connectivity index (χ4v) is 3.74. The van der Waals surface area contributed by atoms with Gasteiger partial charge in [0.2, 0.25) is 0 Å². The van der Waals surface area contributed by atoms with Crippen LogP contribution in [0.4, 0.5) is 13.2 Å². The zero-order chi connectivity index (χ0) is 19.3. The number of halogens is 4. The van der Waals surface area contributed by atoms with E-state index in [-0.39, 0.29) is 22.9 Å². The smallest absolute Gasteiger partial charge is 0.309 e. The largest absolute Gasteiger partial charge is 0.417 e. The molecule has 12 heteroatoms. The van der Waals surface area contributed by atoms with E-state index in [1.807, 2.05) is 22.6 Å². The van der Waals surface area contributed by atoms with Gasteiger partial charge in [-0.15, -0.1) is 0 Å². The van der Waals surface area contributed by atoms with Crippen molar-refractivity contribution in [1.82, 2.24) is 24.5 Å². The number of hydrogen-bond acceptors (Lipinski definition) is 6. The van der Waals surface area contributed by atoms with E-state index in [9.17, 15) is 21.6 Å². The van der Waals surface area contributed by atoms with Crippen molar-refractivity contribution in [3.05, 3.63) is 27.7 Å². The Balaban J connectivity index is 2.33. The van der Waals surface area contributed by atoms with E-state index in [1.54, 1.807) is 7.05 Å². The lowest BCUT2D eigenvalue weighted by molar-refractivity contribution is -0.138. The maximum atomic E-state index is 13.0. The SMILES string of the molecule is CCS(=O)(=O)c1cc(C(F)(F)F)cnc1-c1nc2nc(I)cnc2n1C. The van der Waals surface area contributed by atoms with E-state index in [0.29, 0.717) is 21.6 Å². The Morgan fingerprint density at radius 1 is 1.19 bits per heavy atom. The Bertz CT molecular complexity index is 1110. The molecule has 138 valence electrons. The third kappa shape index (κ3) is 3.26. The summed E-state index contributed by atoms with van der Waals surface area (Å²) in [7, 11) is -2.42. The lowest BCUT2D eigenvalue weighted by atomic mass is 10.2. The van der Waals surface area contributed by atoms with Gasteiger partial charge in [-0.05, 0) is 28.7 Å². The van der Waals surface area contributed by atoms with Gasteiger partial charge < -0.3 is 4.57 Å². The van der Waals surface area contributed by atoms with Crippen molar-refractivity contribution in [1.29, 1.82) is 0 Å². The summed E-state index contributed by atoms with van der Waals surface area (Å²) in [6.45, 7) is 1.35. The fourth-order valence-electron chi connectivity index (χ4n) is 2.31. The number of imidazole rings is 1. The summed E-state index contributed by atoms with van der Waals surface area (Å²) in [5.41, 5.74) is -0.701. The van der Waals surface area contributed by atoms with Crippen molar-refractivity contribution < 1.29 is 21.6 Å². The Morgan fingerprint density at radius 2 is 1.88 bits per heavy atom. The van der Waals surface area contributed by atoms with Gasteiger partial charge in [0.25, 0.3) is 0 Å². The van der Waals surface area contributed by atoms with Gasteiger partial charge in [-0.25, -0.2) is 23.4 Å². The molecule has 3 heterocycles. The highest BCUT2D eigenvalue weighted by atomic mass is 127. The number of rotatable bonds is 3. The van der Waals surface area contributed by atoms with Gasteiger partial charge in [0.1, 0.15) is 9.39 Å². The molecule has 0 bridgehead atoms. The van der Waals surface area contributed by atoms with E-state index in [1.165, 1.54) is 17.7 Å². The van der Waals surface area contributed by atoms with Crippen LogP contribution in [0.3, 0.4) is 0 Å². The summed E-state index contributed by atoms with van der Waals surface area (Å²) in [4.78, 5) is 15.8. The van der Waals surface area contributed by atoms with Crippen LogP contribution >= 0.6 is 22.6 Å². The number of sulfone groups is 1. The number of nitrogens with zero attached hydrogens (tertiary/aromatic N) is 5. The second-order valence-corrected chi connectivity index (χ2v) is 8.66. The molecule has 0 aliphatic carbocycles. The highest BCUT2D eigenvalue weighted by molar-refractivity contribution is 14.1. The molecular formula is C14H11F3IN5O2S. The predicted molar refractivity (Wildman–Crippen MR) is 95.0 cm³/mol. The second-order valence-electron chi connectivity index (χ2n) is 5.31. The molecule has 0 amide bonds. The lowest BCUT2D eigenvalue weighted by Gasteiger charge is -2.12. The molecule has 0 aliphatic rings. The highest BCUT2D eigenvalue weighted by Crippen LogP contribution is 2.34. The van der Waals surface area contributed by atoms with Crippen molar-refractivity contribution >= 4 is 43.7 Å². The van der Waals surface area contributed by atoms with Crippen LogP contribution in [-0.4, -0.2) is 38.7 Å². The molecule has 3 aromatic heterocycles. The average Bonchev–Trinajstić information content (AvgIpc) is 2.89. The van der Waals surface area contributed by atoms with Crippen molar-refractivity contribution in [2.24, 2.45) is 7.05 Å². The van der Waals surface area contributed by atoms with E-state index >= 15 is 0 Å². The van der Waals surface area contributed by atoms with Gasteiger partial charge in [0, 0.05) is 13.2 Å². The zero-order valence-corrected chi connectivity index (χ0v) is 16.4. The van der Waals surface area contributed by atoms with Gasteiger partial charge in [-0.3, -0.25) is 4.98 Å². The Kier molecular flexibility index (Phi) is 4.67. The molecule has 0 radical (unpaired) electrons. The van der Waals surface area contributed by atoms with Gasteiger partial charge in [-0.1, -0.05) is 6.92 Å². The second kappa shape index (κ2) is 6.40. The minimum Gasteiger partial charge on any atom is -0.309 e. The fraction of sp³-hybridized carbons (Fsp3) is 0.286. The van der Waals surface area contributed by atoms with E-state index in [0.717, 1.165) is 0 Å². The monoisotopic (exact) mass is 497 g/mol. The van der Waals surface area contributed by atoms with Gasteiger partial charge in [-0.2, -0.15) is 13.2 Å². The maximum Gasteiger partial charge on any atom is 0.417 e.